The van der Waals surface area contributed by atoms with Gasteiger partial charge < -0.3 is 20.1 Å². The number of carbonyl (C=O) groups is 2. The average Bonchev–Trinajstić information content (AvgIpc) is 2.89. The fourth-order valence-electron chi connectivity index (χ4n) is 3.51. The first-order chi connectivity index (χ1) is 14.0. The van der Waals surface area contributed by atoms with Gasteiger partial charge in [0.1, 0.15) is 5.69 Å². The van der Waals surface area contributed by atoms with Crippen LogP contribution in [0.2, 0.25) is 5.02 Å². The molecule has 0 unspecified atom stereocenters. The number of benzene rings is 2. The first kappa shape index (κ1) is 19.8. The highest BCUT2D eigenvalue weighted by Crippen LogP contribution is 2.28. The third kappa shape index (κ3) is 4.26. The molecular formula is C21H20BrClN4O2. The molecule has 1 fully saturated rings. The van der Waals surface area contributed by atoms with Gasteiger partial charge in [0.05, 0.1) is 4.47 Å². The Morgan fingerprint density at radius 1 is 1.00 bits per heavy atom. The lowest BCUT2D eigenvalue weighted by atomic mass is 10.2. The van der Waals surface area contributed by atoms with Crippen molar-refractivity contribution in [2.24, 2.45) is 0 Å². The fourth-order valence-corrected chi connectivity index (χ4v) is 4.31. The minimum absolute atomic E-state index is 0.0647. The van der Waals surface area contributed by atoms with E-state index in [1.165, 1.54) is 0 Å². The lowest BCUT2D eigenvalue weighted by molar-refractivity contribution is 0.0757. The predicted molar refractivity (Wildman–Crippen MR) is 119 cm³/mol. The van der Waals surface area contributed by atoms with Crippen LogP contribution >= 0.6 is 27.5 Å². The van der Waals surface area contributed by atoms with Crippen molar-refractivity contribution in [1.82, 2.24) is 14.8 Å². The molecule has 2 N–H and O–H groups in total. The smallest absolute Gasteiger partial charge is 0.321 e. The molecule has 1 aliphatic heterocycles. The molecule has 1 aliphatic rings. The summed E-state index contributed by atoms with van der Waals surface area (Å²) in [5, 5.41) is 4.42. The van der Waals surface area contributed by atoms with E-state index in [1.54, 1.807) is 34.1 Å². The summed E-state index contributed by atoms with van der Waals surface area (Å²) < 4.78 is 0.776. The summed E-state index contributed by atoms with van der Waals surface area (Å²) in [6, 6.07) is 14.7. The first-order valence-corrected chi connectivity index (χ1v) is 10.6. The molecular weight excluding hydrogens is 456 g/mol. The van der Waals surface area contributed by atoms with Gasteiger partial charge >= 0.3 is 6.03 Å². The maximum absolute atomic E-state index is 13.1. The van der Waals surface area contributed by atoms with Crippen LogP contribution in [0.1, 0.15) is 16.9 Å². The van der Waals surface area contributed by atoms with Gasteiger partial charge in [0, 0.05) is 47.8 Å². The van der Waals surface area contributed by atoms with Gasteiger partial charge in [-0.05, 0) is 46.6 Å². The first-order valence-electron chi connectivity index (χ1n) is 9.40. The van der Waals surface area contributed by atoms with Gasteiger partial charge in [-0.2, -0.15) is 0 Å². The van der Waals surface area contributed by atoms with E-state index in [0.29, 0.717) is 49.0 Å². The molecule has 0 saturated carbocycles. The minimum Gasteiger partial charge on any atom is -0.350 e. The molecule has 3 amide bonds. The summed E-state index contributed by atoms with van der Waals surface area (Å²) in [5.41, 5.74) is 2.12. The summed E-state index contributed by atoms with van der Waals surface area (Å²) in [5.74, 6) is -0.0647. The maximum Gasteiger partial charge on any atom is 0.321 e. The fraction of sp³-hybridized carbons (Fsp3) is 0.238. The molecule has 150 valence electrons. The zero-order chi connectivity index (χ0) is 20.4. The van der Waals surface area contributed by atoms with Crippen LogP contribution < -0.4 is 5.32 Å². The molecule has 29 heavy (non-hydrogen) atoms. The summed E-state index contributed by atoms with van der Waals surface area (Å²) in [6.45, 7) is 2.13. The van der Waals surface area contributed by atoms with Crippen molar-refractivity contribution in [2.45, 2.75) is 6.42 Å². The van der Waals surface area contributed by atoms with Crippen LogP contribution in [0.5, 0.6) is 0 Å². The van der Waals surface area contributed by atoms with Crippen molar-refractivity contribution in [2.75, 3.05) is 31.5 Å². The molecule has 3 aromatic rings. The number of nitrogens with zero attached hydrogens (tertiary/aromatic N) is 2. The molecule has 1 saturated heterocycles. The molecule has 0 aliphatic carbocycles. The second-order valence-corrected chi connectivity index (χ2v) is 8.16. The van der Waals surface area contributed by atoms with E-state index in [0.717, 1.165) is 15.4 Å². The molecule has 4 rings (SSSR count). The van der Waals surface area contributed by atoms with Crippen molar-refractivity contribution < 1.29 is 9.59 Å². The number of halogens is 2. The molecule has 0 atom stereocenters. The molecule has 2 heterocycles. The van der Waals surface area contributed by atoms with Crippen LogP contribution in [-0.4, -0.2) is 52.9 Å². The molecule has 0 bridgehead atoms. The molecule has 6 nitrogen and oxygen atoms in total. The number of urea groups is 1. The normalized spacial score (nSPS) is 14.7. The van der Waals surface area contributed by atoms with Crippen LogP contribution in [0.3, 0.4) is 0 Å². The lowest BCUT2D eigenvalue weighted by Crippen LogP contribution is -2.39. The Balaban J connectivity index is 1.43. The quantitative estimate of drug-likeness (QED) is 0.550. The number of hydrogen-bond donors (Lipinski definition) is 2. The van der Waals surface area contributed by atoms with E-state index in [2.05, 4.69) is 26.2 Å². The second-order valence-electron chi connectivity index (χ2n) is 6.93. The number of aromatic nitrogens is 1. The van der Waals surface area contributed by atoms with E-state index in [4.69, 9.17) is 11.6 Å². The molecule has 1 aromatic heterocycles. The largest absolute Gasteiger partial charge is 0.350 e. The van der Waals surface area contributed by atoms with Gasteiger partial charge in [0.25, 0.3) is 5.91 Å². The number of amides is 3. The Bertz CT molecular complexity index is 1070. The maximum atomic E-state index is 13.1. The number of fused-ring (bicyclic) bond motifs is 1. The zero-order valence-electron chi connectivity index (χ0n) is 15.6. The van der Waals surface area contributed by atoms with E-state index in [9.17, 15) is 9.59 Å². The molecule has 0 spiro atoms. The van der Waals surface area contributed by atoms with E-state index in [1.807, 2.05) is 24.3 Å². The van der Waals surface area contributed by atoms with Crippen molar-refractivity contribution in [1.29, 1.82) is 0 Å². The summed E-state index contributed by atoms with van der Waals surface area (Å²) in [4.78, 5) is 32.4. The topological polar surface area (TPSA) is 68.4 Å². The highest BCUT2D eigenvalue weighted by atomic mass is 79.9. The van der Waals surface area contributed by atoms with Gasteiger partial charge in [-0.15, -0.1) is 0 Å². The van der Waals surface area contributed by atoms with Crippen LogP contribution in [-0.2, 0) is 0 Å². The molecule has 8 heteroatoms. The van der Waals surface area contributed by atoms with Crippen LogP contribution in [0, 0.1) is 0 Å². The van der Waals surface area contributed by atoms with E-state index in [-0.39, 0.29) is 11.9 Å². The van der Waals surface area contributed by atoms with Gasteiger partial charge in [-0.3, -0.25) is 4.79 Å². The number of H-pyrrole nitrogens is 1. The standard InChI is InChI=1S/C21H20BrClN4O2/c22-18-16-7-1-2-8-17(16)25-19(18)20(28)26-9-4-10-27(12-11-26)21(29)24-15-6-3-5-14(23)13-15/h1-3,5-8,13,25H,4,9-12H2,(H,24,29). The summed E-state index contributed by atoms with van der Waals surface area (Å²) in [6.07, 6.45) is 0.715. The highest BCUT2D eigenvalue weighted by Gasteiger charge is 2.25. The Morgan fingerprint density at radius 3 is 2.55 bits per heavy atom. The SMILES string of the molecule is O=C(Nc1cccc(Cl)c1)N1CCCN(C(=O)c2[nH]c3ccccc3c2Br)CC1. The van der Waals surface area contributed by atoms with Crippen LogP contribution in [0.4, 0.5) is 10.5 Å². The van der Waals surface area contributed by atoms with Crippen molar-refractivity contribution >= 4 is 56.1 Å². The Kier molecular flexibility index (Phi) is 5.78. The van der Waals surface area contributed by atoms with Gasteiger partial charge in [-0.1, -0.05) is 35.9 Å². The third-order valence-electron chi connectivity index (χ3n) is 5.00. The number of hydrogen-bond acceptors (Lipinski definition) is 2. The average molecular weight is 476 g/mol. The second kappa shape index (κ2) is 8.47. The van der Waals surface area contributed by atoms with Crippen LogP contribution in [0.15, 0.2) is 53.0 Å². The Labute approximate surface area is 181 Å². The number of aromatic amines is 1. The summed E-state index contributed by atoms with van der Waals surface area (Å²) in [7, 11) is 0. The van der Waals surface area contributed by atoms with Crippen LogP contribution in [0.25, 0.3) is 10.9 Å². The summed E-state index contributed by atoms with van der Waals surface area (Å²) >= 11 is 9.53. The number of anilines is 1. The zero-order valence-corrected chi connectivity index (χ0v) is 18.0. The van der Waals surface area contributed by atoms with Gasteiger partial charge in [0.15, 0.2) is 0 Å². The number of carbonyl (C=O) groups excluding carboxylic acids is 2. The van der Waals surface area contributed by atoms with Gasteiger partial charge in [0.2, 0.25) is 0 Å². The Morgan fingerprint density at radius 2 is 1.76 bits per heavy atom. The van der Waals surface area contributed by atoms with Gasteiger partial charge in [-0.25, -0.2) is 4.79 Å². The highest BCUT2D eigenvalue weighted by molar-refractivity contribution is 9.10. The number of para-hydroxylation sites is 1. The third-order valence-corrected chi connectivity index (χ3v) is 6.06. The molecule has 2 aromatic carbocycles. The van der Waals surface area contributed by atoms with Crippen molar-refractivity contribution in [3.05, 3.63) is 63.7 Å². The van der Waals surface area contributed by atoms with E-state index >= 15 is 0 Å². The van der Waals surface area contributed by atoms with Crippen molar-refractivity contribution in [3.8, 4) is 0 Å². The number of nitrogens with one attached hydrogen (secondary N) is 2. The minimum atomic E-state index is -0.187. The van der Waals surface area contributed by atoms with Crippen molar-refractivity contribution in [3.63, 3.8) is 0 Å². The lowest BCUT2D eigenvalue weighted by Gasteiger charge is -2.22. The monoisotopic (exact) mass is 474 g/mol. The Hall–Kier alpha value is -2.51. The van der Waals surface area contributed by atoms with E-state index < -0.39 is 0 Å². The predicted octanol–water partition coefficient (Wildman–Crippen LogP) is 4.96. The molecule has 0 radical (unpaired) electrons. The number of rotatable bonds is 2.